The second kappa shape index (κ2) is 12.6. The Kier molecular flexibility index (Phi) is 9.28. The summed E-state index contributed by atoms with van der Waals surface area (Å²) in [6, 6.07) is 29.9. The van der Waals surface area contributed by atoms with Crippen molar-refractivity contribution in [1.29, 1.82) is 0 Å². The number of aliphatic hydroxyl groups excluding tert-OH is 1. The summed E-state index contributed by atoms with van der Waals surface area (Å²) in [5, 5.41) is 10.8. The number of hydrogen-bond acceptors (Lipinski definition) is 5. The van der Waals surface area contributed by atoms with Crippen LogP contribution in [0.5, 0.6) is 0 Å². The van der Waals surface area contributed by atoms with E-state index >= 15 is 0 Å². The summed E-state index contributed by atoms with van der Waals surface area (Å²) in [6.45, 7) is 1.65. The molecule has 1 saturated heterocycles. The monoisotopic (exact) mass is 560 g/mol. The van der Waals surface area contributed by atoms with E-state index in [9.17, 15) is 5.11 Å². The highest BCUT2D eigenvalue weighted by molar-refractivity contribution is 14.1. The van der Waals surface area contributed by atoms with Crippen molar-refractivity contribution in [1.82, 2.24) is 0 Å². The molecule has 3 aromatic carbocycles. The predicted molar refractivity (Wildman–Crippen MR) is 135 cm³/mol. The van der Waals surface area contributed by atoms with Gasteiger partial charge in [0.1, 0.15) is 12.2 Å². The molecule has 174 valence electrons. The fraction of sp³-hybridized carbons (Fsp3) is 0.333. The third kappa shape index (κ3) is 7.09. The maximum Gasteiger partial charge on any atom is 0.184 e. The van der Waals surface area contributed by atoms with E-state index in [1.807, 2.05) is 91.0 Å². The Morgan fingerprint density at radius 3 is 1.64 bits per heavy atom. The smallest absolute Gasteiger partial charge is 0.184 e. The summed E-state index contributed by atoms with van der Waals surface area (Å²) in [5.41, 5.74) is 3.20. The molecule has 5 atom stereocenters. The Hall–Kier alpha value is -1.81. The molecule has 0 bridgehead atoms. The van der Waals surface area contributed by atoms with E-state index in [4.69, 9.17) is 18.9 Å². The van der Waals surface area contributed by atoms with Gasteiger partial charge in [-0.3, -0.25) is 0 Å². The Bertz CT molecular complexity index is 941. The minimum absolute atomic E-state index is 0.0636. The molecule has 0 aliphatic carbocycles. The van der Waals surface area contributed by atoms with Crippen LogP contribution in [0.2, 0.25) is 0 Å². The van der Waals surface area contributed by atoms with Crippen molar-refractivity contribution in [3.8, 4) is 0 Å². The first kappa shape index (κ1) is 24.3. The molecule has 0 spiro atoms. The Balaban J connectivity index is 1.41. The number of hydrogen-bond donors (Lipinski definition) is 1. The molecule has 0 radical (unpaired) electrons. The Labute approximate surface area is 208 Å². The molecule has 1 fully saturated rings. The molecule has 1 aliphatic heterocycles. The largest absolute Gasteiger partial charge is 0.374 e. The number of benzene rings is 3. The fourth-order valence-corrected chi connectivity index (χ4v) is 4.78. The van der Waals surface area contributed by atoms with Crippen LogP contribution in [0.4, 0.5) is 0 Å². The van der Waals surface area contributed by atoms with Gasteiger partial charge in [0.25, 0.3) is 0 Å². The van der Waals surface area contributed by atoms with Gasteiger partial charge in [-0.25, -0.2) is 0 Å². The highest BCUT2D eigenvalue weighted by atomic mass is 127. The highest BCUT2D eigenvalue weighted by Crippen LogP contribution is 2.31. The lowest BCUT2D eigenvalue weighted by molar-refractivity contribution is -0.272. The van der Waals surface area contributed by atoms with Crippen molar-refractivity contribution < 1.29 is 24.1 Å². The molecule has 3 aromatic rings. The summed E-state index contributed by atoms with van der Waals surface area (Å²) >= 11 is 2.34. The Morgan fingerprint density at radius 2 is 1.12 bits per heavy atom. The van der Waals surface area contributed by atoms with Crippen LogP contribution in [0, 0.1) is 0 Å². The standard InChI is InChI=1S/C27H29IO5/c28-24-23(19-30-16-20-10-4-1-5-11-20)33-27(29)26(32-18-22-14-8-3-9-15-22)25(24)31-17-21-12-6-2-7-13-21/h1-15,23-27,29H,16-19H2/t23-,24+,25+,26-,27+/m1/s1. The van der Waals surface area contributed by atoms with Crippen LogP contribution in [0.1, 0.15) is 16.7 Å². The number of aliphatic hydroxyl groups is 1. The van der Waals surface area contributed by atoms with Crippen LogP contribution < -0.4 is 0 Å². The molecule has 0 aromatic heterocycles. The summed E-state index contributed by atoms with van der Waals surface area (Å²) < 4.78 is 24.2. The molecular weight excluding hydrogens is 531 g/mol. The van der Waals surface area contributed by atoms with E-state index in [1.165, 1.54) is 0 Å². The highest BCUT2D eigenvalue weighted by Gasteiger charge is 2.46. The molecule has 0 saturated carbocycles. The van der Waals surface area contributed by atoms with Crippen LogP contribution in [0.3, 0.4) is 0 Å². The molecule has 0 amide bonds. The quantitative estimate of drug-likeness (QED) is 0.283. The molecule has 5 nitrogen and oxygen atoms in total. The van der Waals surface area contributed by atoms with Crippen molar-refractivity contribution in [2.24, 2.45) is 0 Å². The number of alkyl halides is 1. The van der Waals surface area contributed by atoms with Crippen LogP contribution in [0.15, 0.2) is 91.0 Å². The first-order chi connectivity index (χ1) is 16.2. The van der Waals surface area contributed by atoms with Crippen LogP contribution in [-0.2, 0) is 38.8 Å². The van der Waals surface area contributed by atoms with Crippen molar-refractivity contribution in [2.75, 3.05) is 6.61 Å². The van der Waals surface area contributed by atoms with Gasteiger partial charge in [0.2, 0.25) is 0 Å². The van der Waals surface area contributed by atoms with Crippen molar-refractivity contribution in [3.63, 3.8) is 0 Å². The number of rotatable bonds is 10. The number of halogens is 1. The number of ether oxygens (including phenoxy) is 4. The molecular formula is C27H29IO5. The van der Waals surface area contributed by atoms with Crippen LogP contribution in [-0.4, -0.2) is 40.2 Å². The minimum Gasteiger partial charge on any atom is -0.374 e. The van der Waals surface area contributed by atoms with E-state index in [0.29, 0.717) is 26.4 Å². The van der Waals surface area contributed by atoms with Gasteiger partial charge < -0.3 is 24.1 Å². The maximum absolute atomic E-state index is 10.8. The van der Waals surface area contributed by atoms with Gasteiger partial charge in [-0.15, -0.1) is 0 Å². The van der Waals surface area contributed by atoms with Crippen LogP contribution in [0.25, 0.3) is 0 Å². The normalized spacial score (nSPS) is 25.1. The SMILES string of the molecule is O[C@H]1O[C@H](COCc2ccccc2)[C@H](I)[C@H](OCc2ccccc2)[C@H]1OCc1ccccc1. The average Bonchev–Trinajstić information content (AvgIpc) is 2.86. The fourth-order valence-electron chi connectivity index (χ4n) is 3.78. The first-order valence-electron chi connectivity index (χ1n) is 11.1. The molecule has 0 unspecified atom stereocenters. The minimum atomic E-state index is -1.11. The van der Waals surface area contributed by atoms with Crippen molar-refractivity contribution in [3.05, 3.63) is 108 Å². The van der Waals surface area contributed by atoms with Gasteiger partial charge in [0.05, 0.1) is 36.5 Å². The van der Waals surface area contributed by atoms with E-state index in [2.05, 4.69) is 22.6 Å². The average molecular weight is 560 g/mol. The summed E-state index contributed by atoms with van der Waals surface area (Å²) in [4.78, 5) is 0. The van der Waals surface area contributed by atoms with Crippen molar-refractivity contribution >= 4 is 22.6 Å². The zero-order valence-corrected chi connectivity index (χ0v) is 20.5. The predicted octanol–water partition coefficient (Wildman–Crippen LogP) is 4.89. The van der Waals surface area contributed by atoms with Gasteiger partial charge in [0.15, 0.2) is 6.29 Å². The van der Waals surface area contributed by atoms with Gasteiger partial charge in [0, 0.05) is 0 Å². The lowest BCUT2D eigenvalue weighted by Crippen LogP contribution is -2.58. The molecule has 1 N–H and O–H groups in total. The Morgan fingerprint density at radius 1 is 0.667 bits per heavy atom. The second-order valence-corrected chi connectivity index (χ2v) is 9.47. The van der Waals surface area contributed by atoms with E-state index in [-0.39, 0.29) is 16.1 Å². The first-order valence-corrected chi connectivity index (χ1v) is 12.4. The molecule has 4 rings (SSSR count). The third-order valence-electron chi connectivity index (χ3n) is 5.55. The van der Waals surface area contributed by atoms with Gasteiger partial charge >= 0.3 is 0 Å². The topological polar surface area (TPSA) is 57.2 Å². The van der Waals surface area contributed by atoms with Gasteiger partial charge in [-0.05, 0) is 16.7 Å². The van der Waals surface area contributed by atoms with E-state index in [1.54, 1.807) is 0 Å². The molecule has 6 heteroatoms. The third-order valence-corrected chi connectivity index (χ3v) is 7.06. The molecule has 33 heavy (non-hydrogen) atoms. The summed E-state index contributed by atoms with van der Waals surface area (Å²) in [7, 11) is 0. The maximum atomic E-state index is 10.8. The van der Waals surface area contributed by atoms with E-state index < -0.39 is 12.4 Å². The summed E-state index contributed by atoms with van der Waals surface area (Å²) in [5.74, 6) is 0. The lowest BCUT2D eigenvalue weighted by atomic mass is 10.0. The zero-order chi connectivity index (χ0) is 22.9. The molecule has 1 heterocycles. The summed E-state index contributed by atoms with van der Waals surface area (Å²) in [6.07, 6.45) is -2.39. The zero-order valence-electron chi connectivity index (χ0n) is 18.3. The second-order valence-electron chi connectivity index (χ2n) is 8.03. The van der Waals surface area contributed by atoms with Crippen molar-refractivity contribution in [2.45, 2.75) is 48.3 Å². The lowest BCUT2D eigenvalue weighted by Gasteiger charge is -2.42. The molecule has 1 aliphatic rings. The van der Waals surface area contributed by atoms with Gasteiger partial charge in [-0.1, -0.05) is 114 Å². The van der Waals surface area contributed by atoms with E-state index in [0.717, 1.165) is 16.7 Å². The van der Waals surface area contributed by atoms with Gasteiger partial charge in [-0.2, -0.15) is 0 Å². The van der Waals surface area contributed by atoms with Crippen LogP contribution >= 0.6 is 22.6 Å².